The van der Waals surface area contributed by atoms with Crippen LogP contribution in [0.4, 0.5) is 17.1 Å². The molecule has 1 amide bonds. The number of rotatable bonds is 3. The van der Waals surface area contributed by atoms with Gasteiger partial charge >= 0.3 is 0 Å². The van der Waals surface area contributed by atoms with Gasteiger partial charge in [0.1, 0.15) is 0 Å². The van der Waals surface area contributed by atoms with Gasteiger partial charge in [-0.1, -0.05) is 17.7 Å². The Morgan fingerprint density at radius 1 is 1.20 bits per heavy atom. The second kappa shape index (κ2) is 5.40. The van der Waals surface area contributed by atoms with Crippen LogP contribution in [-0.2, 0) is 0 Å². The summed E-state index contributed by atoms with van der Waals surface area (Å²) in [5.41, 5.74) is 7.46. The minimum absolute atomic E-state index is 0.0831. The van der Waals surface area contributed by atoms with E-state index in [1.165, 1.54) is 18.2 Å². The lowest BCUT2D eigenvalue weighted by atomic mass is 10.1. The molecule has 0 atom stereocenters. The number of carbonyl (C=O) groups excluding carboxylic acids is 1. The van der Waals surface area contributed by atoms with Crippen LogP contribution < -0.4 is 11.1 Å². The molecule has 2 aromatic carbocycles. The molecule has 6 heteroatoms. The van der Waals surface area contributed by atoms with Crippen LogP contribution in [0.25, 0.3) is 0 Å². The number of aryl methyl sites for hydroxylation is 1. The van der Waals surface area contributed by atoms with Crippen molar-refractivity contribution in [3.8, 4) is 0 Å². The van der Waals surface area contributed by atoms with Gasteiger partial charge in [0, 0.05) is 23.5 Å². The highest BCUT2D eigenvalue weighted by molar-refractivity contribution is 6.08. The fraction of sp³-hybridized carbons (Fsp3) is 0.0714. The molecule has 2 rings (SSSR count). The first kappa shape index (κ1) is 13.5. The van der Waals surface area contributed by atoms with Crippen LogP contribution in [0.2, 0.25) is 0 Å². The third kappa shape index (κ3) is 2.92. The molecule has 0 heterocycles. The number of amides is 1. The second-order valence-corrected chi connectivity index (χ2v) is 4.35. The molecule has 3 N–H and O–H groups in total. The van der Waals surface area contributed by atoms with Crippen molar-refractivity contribution in [3.05, 3.63) is 63.7 Å². The highest BCUT2D eigenvalue weighted by Gasteiger charge is 2.15. The van der Waals surface area contributed by atoms with Gasteiger partial charge < -0.3 is 11.1 Å². The SMILES string of the molecule is Cc1ccc(NC(=O)c2cc([N+](=O)[O-])ccc2N)cc1. The van der Waals surface area contributed by atoms with Gasteiger partial charge in [0.15, 0.2) is 0 Å². The van der Waals surface area contributed by atoms with E-state index in [9.17, 15) is 14.9 Å². The number of hydrogen-bond acceptors (Lipinski definition) is 4. The van der Waals surface area contributed by atoms with Gasteiger partial charge in [-0.25, -0.2) is 0 Å². The number of non-ortho nitro benzene ring substituents is 1. The Balaban J connectivity index is 2.26. The van der Waals surface area contributed by atoms with Crippen LogP contribution >= 0.6 is 0 Å². The summed E-state index contributed by atoms with van der Waals surface area (Å²) in [7, 11) is 0. The molecular weight excluding hydrogens is 258 g/mol. The lowest BCUT2D eigenvalue weighted by Crippen LogP contribution is -2.14. The zero-order valence-electron chi connectivity index (χ0n) is 10.8. The van der Waals surface area contributed by atoms with Gasteiger partial charge in [0.2, 0.25) is 0 Å². The quantitative estimate of drug-likeness (QED) is 0.509. The molecule has 0 bridgehead atoms. The molecule has 0 saturated carbocycles. The average Bonchev–Trinajstić information content (AvgIpc) is 2.41. The summed E-state index contributed by atoms with van der Waals surface area (Å²) in [5.74, 6) is -0.477. The predicted molar refractivity (Wildman–Crippen MR) is 76.6 cm³/mol. The molecule has 0 fully saturated rings. The van der Waals surface area contributed by atoms with Crippen molar-refractivity contribution in [2.75, 3.05) is 11.1 Å². The zero-order chi connectivity index (χ0) is 14.7. The summed E-state index contributed by atoms with van der Waals surface area (Å²) < 4.78 is 0. The minimum Gasteiger partial charge on any atom is -0.398 e. The molecule has 0 spiro atoms. The molecule has 0 aliphatic carbocycles. The van der Waals surface area contributed by atoms with E-state index in [1.54, 1.807) is 12.1 Å². The molecule has 0 radical (unpaired) electrons. The van der Waals surface area contributed by atoms with Crippen LogP contribution in [0.1, 0.15) is 15.9 Å². The summed E-state index contributed by atoms with van der Waals surface area (Å²) in [6, 6.07) is 11.0. The van der Waals surface area contributed by atoms with E-state index in [1.807, 2.05) is 19.1 Å². The van der Waals surface area contributed by atoms with Crippen molar-refractivity contribution >= 4 is 23.0 Å². The van der Waals surface area contributed by atoms with Crippen LogP contribution in [0.3, 0.4) is 0 Å². The summed E-state index contributed by atoms with van der Waals surface area (Å²) in [5, 5.41) is 13.4. The van der Waals surface area contributed by atoms with Crippen LogP contribution in [0, 0.1) is 17.0 Å². The molecule has 0 aromatic heterocycles. The van der Waals surface area contributed by atoms with E-state index < -0.39 is 10.8 Å². The Bertz CT molecular complexity index is 666. The minimum atomic E-state index is -0.567. The Labute approximate surface area is 115 Å². The molecule has 0 unspecified atom stereocenters. The third-order valence-electron chi connectivity index (χ3n) is 2.80. The first-order valence-electron chi connectivity index (χ1n) is 5.89. The average molecular weight is 271 g/mol. The highest BCUT2D eigenvalue weighted by atomic mass is 16.6. The Kier molecular flexibility index (Phi) is 3.65. The number of nitrogen functional groups attached to an aromatic ring is 1. The predicted octanol–water partition coefficient (Wildman–Crippen LogP) is 2.74. The maximum atomic E-state index is 12.1. The number of benzene rings is 2. The van der Waals surface area contributed by atoms with Crippen molar-refractivity contribution in [2.24, 2.45) is 0 Å². The monoisotopic (exact) mass is 271 g/mol. The second-order valence-electron chi connectivity index (χ2n) is 4.35. The Hall–Kier alpha value is -2.89. The van der Waals surface area contributed by atoms with Crippen LogP contribution in [0.15, 0.2) is 42.5 Å². The summed E-state index contributed by atoms with van der Waals surface area (Å²) >= 11 is 0. The summed E-state index contributed by atoms with van der Waals surface area (Å²) in [6.45, 7) is 1.93. The van der Waals surface area contributed by atoms with Crippen molar-refractivity contribution in [3.63, 3.8) is 0 Å². The van der Waals surface area contributed by atoms with Crippen LogP contribution in [0.5, 0.6) is 0 Å². The van der Waals surface area contributed by atoms with Crippen LogP contribution in [-0.4, -0.2) is 10.8 Å². The van der Waals surface area contributed by atoms with E-state index in [0.29, 0.717) is 5.69 Å². The molecule has 0 saturated heterocycles. The summed E-state index contributed by atoms with van der Waals surface area (Å²) in [6.07, 6.45) is 0. The van der Waals surface area contributed by atoms with Gasteiger partial charge in [-0.3, -0.25) is 14.9 Å². The fourth-order valence-corrected chi connectivity index (χ4v) is 1.69. The molecule has 2 aromatic rings. The topological polar surface area (TPSA) is 98.3 Å². The normalized spacial score (nSPS) is 10.1. The van der Waals surface area contributed by atoms with Gasteiger partial charge in [-0.15, -0.1) is 0 Å². The molecular formula is C14H13N3O3. The number of anilines is 2. The van der Waals surface area contributed by atoms with Crippen molar-refractivity contribution in [2.45, 2.75) is 6.92 Å². The van der Waals surface area contributed by atoms with E-state index in [4.69, 9.17) is 5.73 Å². The van der Waals surface area contributed by atoms with E-state index in [2.05, 4.69) is 5.32 Å². The van der Waals surface area contributed by atoms with Crippen molar-refractivity contribution < 1.29 is 9.72 Å². The zero-order valence-corrected chi connectivity index (χ0v) is 10.8. The van der Waals surface area contributed by atoms with E-state index in [-0.39, 0.29) is 16.9 Å². The maximum absolute atomic E-state index is 12.1. The Morgan fingerprint density at radius 3 is 2.45 bits per heavy atom. The van der Waals surface area contributed by atoms with Crippen molar-refractivity contribution in [1.29, 1.82) is 0 Å². The van der Waals surface area contributed by atoms with Gasteiger partial charge in [-0.05, 0) is 25.1 Å². The molecule has 20 heavy (non-hydrogen) atoms. The van der Waals surface area contributed by atoms with E-state index >= 15 is 0 Å². The lowest BCUT2D eigenvalue weighted by molar-refractivity contribution is -0.384. The number of nitrogens with one attached hydrogen (secondary N) is 1. The molecule has 6 nitrogen and oxygen atoms in total. The van der Waals surface area contributed by atoms with E-state index in [0.717, 1.165) is 5.56 Å². The number of nitro benzene ring substituents is 1. The summed E-state index contributed by atoms with van der Waals surface area (Å²) in [4.78, 5) is 22.2. The first-order chi connectivity index (χ1) is 9.47. The van der Waals surface area contributed by atoms with Gasteiger partial charge in [0.05, 0.1) is 10.5 Å². The third-order valence-corrected chi connectivity index (χ3v) is 2.80. The lowest BCUT2D eigenvalue weighted by Gasteiger charge is -2.07. The smallest absolute Gasteiger partial charge is 0.270 e. The van der Waals surface area contributed by atoms with Gasteiger partial charge in [-0.2, -0.15) is 0 Å². The molecule has 0 aliphatic rings. The number of carbonyl (C=O) groups is 1. The van der Waals surface area contributed by atoms with Crippen molar-refractivity contribution in [1.82, 2.24) is 0 Å². The van der Waals surface area contributed by atoms with Gasteiger partial charge in [0.25, 0.3) is 11.6 Å². The molecule has 102 valence electrons. The first-order valence-corrected chi connectivity index (χ1v) is 5.89. The number of hydrogen-bond donors (Lipinski definition) is 2. The maximum Gasteiger partial charge on any atom is 0.270 e. The highest BCUT2D eigenvalue weighted by Crippen LogP contribution is 2.21. The Morgan fingerprint density at radius 2 is 1.85 bits per heavy atom. The number of nitrogens with zero attached hydrogens (tertiary/aromatic N) is 1. The number of nitro groups is 1. The fourth-order valence-electron chi connectivity index (χ4n) is 1.69. The standard InChI is InChI=1S/C14H13N3O3/c1-9-2-4-10(5-3-9)16-14(18)12-8-11(17(19)20)6-7-13(12)15/h2-8H,15H2,1H3,(H,16,18). The largest absolute Gasteiger partial charge is 0.398 e. The number of nitrogens with two attached hydrogens (primary N) is 1. The molecule has 0 aliphatic heterocycles.